The molecule has 1 aliphatic rings. The normalized spacial score (nSPS) is 12.7. The van der Waals surface area contributed by atoms with Crippen molar-refractivity contribution in [3.63, 3.8) is 0 Å². The zero-order valence-electron chi connectivity index (χ0n) is 7.53. The maximum absolute atomic E-state index is 9.79. The second-order valence-corrected chi connectivity index (χ2v) is 2.12. The minimum absolute atomic E-state index is 0. The minimum atomic E-state index is 0. The maximum Gasteiger partial charge on any atom is 0 e. The van der Waals surface area contributed by atoms with Crippen LogP contribution >= 0.6 is 0 Å². The van der Waals surface area contributed by atoms with Gasteiger partial charge in [-0.25, -0.2) is 0 Å². The molecule has 0 aromatic carbocycles. The van der Waals surface area contributed by atoms with Gasteiger partial charge in [0.15, 0.2) is 0 Å². The largest absolute Gasteiger partial charge is 0.542 e. The van der Waals surface area contributed by atoms with Gasteiger partial charge in [0.05, 0.1) is 0 Å². The van der Waals surface area contributed by atoms with Crippen molar-refractivity contribution in [1.29, 1.82) is 0 Å². The first-order valence-electron chi connectivity index (χ1n) is 3.13. The molecule has 0 bridgehead atoms. The van der Waals surface area contributed by atoms with Gasteiger partial charge >= 0.3 is 0 Å². The van der Waals surface area contributed by atoms with E-state index in [0.717, 1.165) is 6.42 Å². The molecule has 0 N–H and O–H groups in total. The molecule has 0 spiro atoms. The molecule has 0 fully saturated rings. The van der Waals surface area contributed by atoms with E-state index in [2.05, 4.69) is 12.2 Å². The molecular weight excluding hydrogens is 331 g/mol. The first-order valence-corrected chi connectivity index (χ1v) is 3.13. The smallest absolute Gasteiger partial charge is 0 e. The second kappa shape index (κ2) is 10.8. The Morgan fingerprint density at radius 1 is 1.17 bits per heavy atom. The quantitative estimate of drug-likeness (QED) is 0.718. The number of allylic oxidation sites excluding steroid dienone is 4. The standard InChI is InChI=1S/C8H9O.2CH3.Pt/c9-7-3-6-8-4-1-2-5-8;;;/h1-2,4-5,8H,3,6H2;2*1H3;/q3*-1;. The third kappa shape index (κ3) is 6.54. The van der Waals surface area contributed by atoms with E-state index >= 15 is 0 Å². The zero-order valence-corrected chi connectivity index (χ0v) is 9.80. The van der Waals surface area contributed by atoms with Crippen LogP contribution in [0, 0.1) is 20.8 Å². The van der Waals surface area contributed by atoms with E-state index in [1.54, 1.807) is 0 Å². The maximum atomic E-state index is 9.79. The van der Waals surface area contributed by atoms with Gasteiger partial charge in [0.1, 0.15) is 0 Å². The van der Waals surface area contributed by atoms with Gasteiger partial charge in [-0.1, -0.05) is 30.7 Å². The summed E-state index contributed by atoms with van der Waals surface area (Å²) in [6.07, 6.45) is 11.6. The van der Waals surface area contributed by atoms with Crippen molar-refractivity contribution in [3.05, 3.63) is 39.2 Å². The average Bonchev–Trinajstić information content (AvgIpc) is 2.34. The van der Waals surface area contributed by atoms with Gasteiger partial charge in [-0.2, -0.15) is 6.42 Å². The monoisotopic (exact) mass is 346 g/mol. The molecule has 0 aromatic heterocycles. The molecule has 0 heterocycles. The predicted molar refractivity (Wildman–Crippen MR) is 49.5 cm³/mol. The van der Waals surface area contributed by atoms with Crippen LogP contribution in [0.5, 0.6) is 0 Å². The molecule has 0 aliphatic heterocycles. The van der Waals surface area contributed by atoms with Crippen LogP contribution < -0.4 is 0 Å². The number of hydrogen-bond donors (Lipinski definition) is 0. The first kappa shape index (κ1) is 17.8. The summed E-state index contributed by atoms with van der Waals surface area (Å²) in [6, 6.07) is 0. The summed E-state index contributed by atoms with van der Waals surface area (Å²) >= 11 is 0. The molecule has 2 heteroatoms. The molecule has 12 heavy (non-hydrogen) atoms. The van der Waals surface area contributed by atoms with Crippen LogP contribution in [-0.4, -0.2) is 6.29 Å². The molecule has 1 rings (SSSR count). The van der Waals surface area contributed by atoms with Gasteiger partial charge in [-0.3, -0.25) is 6.29 Å². The third-order valence-electron chi connectivity index (χ3n) is 1.41. The summed E-state index contributed by atoms with van der Waals surface area (Å²) in [4.78, 5) is 9.79. The van der Waals surface area contributed by atoms with Crippen LogP contribution in [0.1, 0.15) is 12.8 Å². The van der Waals surface area contributed by atoms with Crippen LogP contribution in [0.3, 0.4) is 0 Å². The average molecular weight is 346 g/mol. The Bertz CT molecular complexity index is 138. The van der Waals surface area contributed by atoms with E-state index in [0.29, 0.717) is 12.3 Å². The third-order valence-corrected chi connectivity index (χ3v) is 1.41. The number of carbonyl (C=O) groups excluding carboxylic acids is 1. The van der Waals surface area contributed by atoms with Gasteiger partial charge < -0.3 is 19.6 Å². The Hall–Kier alpha value is -0.162. The van der Waals surface area contributed by atoms with E-state index in [1.165, 1.54) is 0 Å². The molecule has 0 unspecified atom stereocenters. The van der Waals surface area contributed by atoms with Crippen LogP contribution in [0.15, 0.2) is 24.3 Å². The summed E-state index contributed by atoms with van der Waals surface area (Å²) in [7, 11) is 0. The van der Waals surface area contributed by atoms with E-state index in [1.807, 2.05) is 18.4 Å². The van der Waals surface area contributed by atoms with E-state index in [9.17, 15) is 4.79 Å². The van der Waals surface area contributed by atoms with Crippen molar-refractivity contribution < 1.29 is 25.9 Å². The van der Waals surface area contributed by atoms with Gasteiger partial charge in [0, 0.05) is 21.1 Å². The molecule has 0 aromatic rings. The molecule has 74 valence electrons. The van der Waals surface area contributed by atoms with Crippen molar-refractivity contribution in [2.24, 2.45) is 5.92 Å². The summed E-state index contributed by atoms with van der Waals surface area (Å²) < 4.78 is 0. The Morgan fingerprint density at radius 3 is 2.08 bits per heavy atom. The SMILES string of the molecule is O=[C-]CCC1C=CC=C1.[CH3-].[CH3-].[Pt]. The summed E-state index contributed by atoms with van der Waals surface area (Å²) in [5.41, 5.74) is 0. The van der Waals surface area contributed by atoms with Gasteiger partial charge in [0.25, 0.3) is 0 Å². The number of rotatable bonds is 3. The van der Waals surface area contributed by atoms with Crippen LogP contribution in [0.4, 0.5) is 0 Å². The van der Waals surface area contributed by atoms with E-state index < -0.39 is 0 Å². The molecule has 0 radical (unpaired) electrons. The van der Waals surface area contributed by atoms with Gasteiger partial charge in [-0.05, 0) is 5.92 Å². The zero-order chi connectivity index (χ0) is 6.53. The van der Waals surface area contributed by atoms with Crippen molar-refractivity contribution in [3.8, 4) is 0 Å². The van der Waals surface area contributed by atoms with E-state index in [-0.39, 0.29) is 35.9 Å². The first-order chi connectivity index (χ1) is 4.43. The second-order valence-electron chi connectivity index (χ2n) is 2.12. The van der Waals surface area contributed by atoms with Crippen LogP contribution in [0.2, 0.25) is 0 Å². The fourth-order valence-electron chi connectivity index (χ4n) is 0.896. The topological polar surface area (TPSA) is 17.1 Å². The molecule has 0 amide bonds. The summed E-state index contributed by atoms with van der Waals surface area (Å²) in [5.74, 6) is 0.492. The van der Waals surface area contributed by atoms with Gasteiger partial charge in [-0.15, -0.1) is 0 Å². The Labute approximate surface area is 90.2 Å². The predicted octanol–water partition coefficient (Wildman–Crippen LogP) is 2.52. The molecule has 0 atom stereocenters. The fraction of sp³-hybridized carbons (Fsp3) is 0.300. The Balaban J connectivity index is -0.000000270. The van der Waals surface area contributed by atoms with Crippen molar-refractivity contribution in [2.75, 3.05) is 0 Å². The van der Waals surface area contributed by atoms with Crippen LogP contribution in [-0.2, 0) is 25.9 Å². The van der Waals surface area contributed by atoms with Crippen molar-refractivity contribution in [2.45, 2.75) is 12.8 Å². The Kier molecular flexibility index (Phi) is 16.1. The summed E-state index contributed by atoms with van der Waals surface area (Å²) in [5, 5.41) is 0. The van der Waals surface area contributed by atoms with Crippen LogP contribution in [0.25, 0.3) is 0 Å². The molecule has 1 nitrogen and oxygen atoms in total. The minimum Gasteiger partial charge on any atom is -0.542 e. The van der Waals surface area contributed by atoms with E-state index in [4.69, 9.17) is 0 Å². The van der Waals surface area contributed by atoms with Gasteiger partial charge in [0.2, 0.25) is 0 Å². The Morgan fingerprint density at radius 2 is 1.67 bits per heavy atom. The molecular formula is C10H15OPt-3. The molecule has 1 aliphatic carbocycles. The summed E-state index contributed by atoms with van der Waals surface area (Å²) in [6.45, 7) is 0. The van der Waals surface area contributed by atoms with Crippen molar-refractivity contribution >= 4 is 6.29 Å². The number of hydrogen-bond acceptors (Lipinski definition) is 1. The molecule has 0 saturated heterocycles. The fourth-order valence-corrected chi connectivity index (χ4v) is 0.896. The van der Waals surface area contributed by atoms with Crippen molar-refractivity contribution in [1.82, 2.24) is 0 Å². The molecule has 0 saturated carbocycles.